The average Bonchev–Trinajstić information content (AvgIpc) is 2.76. The van der Waals surface area contributed by atoms with E-state index in [2.05, 4.69) is 44.3 Å². The van der Waals surface area contributed by atoms with Crippen molar-refractivity contribution < 1.29 is 4.52 Å². The van der Waals surface area contributed by atoms with Crippen molar-refractivity contribution in [2.75, 3.05) is 5.73 Å². The van der Waals surface area contributed by atoms with E-state index in [0.717, 1.165) is 16.1 Å². The van der Waals surface area contributed by atoms with E-state index in [0.29, 0.717) is 11.8 Å². The molecule has 0 atom stereocenters. The van der Waals surface area contributed by atoms with Crippen molar-refractivity contribution in [3.05, 3.63) is 23.2 Å². The van der Waals surface area contributed by atoms with Crippen LogP contribution in [-0.4, -0.2) is 5.16 Å². The van der Waals surface area contributed by atoms with Gasteiger partial charge in [0.05, 0.1) is 11.3 Å². The zero-order valence-electron chi connectivity index (χ0n) is 11.2. The number of nitrogen functional groups attached to an aromatic ring is 1. The molecule has 3 rings (SSSR count). The Morgan fingerprint density at radius 3 is 2.44 bits per heavy atom. The van der Waals surface area contributed by atoms with Crippen LogP contribution in [0.1, 0.15) is 39.3 Å². The second kappa shape index (κ2) is 3.38. The minimum absolute atomic E-state index is 0.238. The first kappa shape index (κ1) is 11.8. The maximum atomic E-state index is 5.95. The standard InChI is InChI=1S/C14H18N2OS/c1-13(2)11(14(13,3)4)10-9(12(15)17-16-10)8-6-5-7-18-8/h5-7,11H,15H2,1-4H3. The fourth-order valence-corrected chi connectivity index (χ4v) is 3.85. The van der Waals surface area contributed by atoms with Crippen LogP contribution in [0.25, 0.3) is 10.4 Å². The van der Waals surface area contributed by atoms with Crippen LogP contribution in [0.15, 0.2) is 22.0 Å². The third-order valence-electron chi connectivity index (χ3n) is 4.81. The molecule has 0 amide bonds. The zero-order chi connectivity index (χ0) is 13.1. The summed E-state index contributed by atoms with van der Waals surface area (Å²) in [6.45, 7) is 9.11. The third kappa shape index (κ3) is 1.32. The third-order valence-corrected chi connectivity index (χ3v) is 5.69. The molecule has 2 aromatic heterocycles. The minimum atomic E-state index is 0.238. The molecule has 18 heavy (non-hydrogen) atoms. The summed E-state index contributed by atoms with van der Waals surface area (Å²) in [5.74, 6) is 0.842. The maximum absolute atomic E-state index is 5.95. The lowest BCUT2D eigenvalue weighted by molar-refractivity contribution is 0.423. The average molecular weight is 262 g/mol. The number of anilines is 1. The van der Waals surface area contributed by atoms with Crippen LogP contribution >= 0.6 is 11.3 Å². The Balaban J connectivity index is 2.11. The Labute approximate surface area is 111 Å². The molecule has 0 radical (unpaired) electrons. The summed E-state index contributed by atoms with van der Waals surface area (Å²) in [7, 11) is 0. The molecule has 2 N–H and O–H groups in total. The molecule has 2 heterocycles. The van der Waals surface area contributed by atoms with E-state index in [1.165, 1.54) is 0 Å². The van der Waals surface area contributed by atoms with Crippen molar-refractivity contribution in [2.24, 2.45) is 10.8 Å². The van der Waals surface area contributed by atoms with Crippen molar-refractivity contribution in [3.8, 4) is 10.4 Å². The summed E-state index contributed by atoms with van der Waals surface area (Å²) in [6.07, 6.45) is 0. The van der Waals surface area contributed by atoms with Gasteiger partial charge in [-0.15, -0.1) is 11.3 Å². The van der Waals surface area contributed by atoms with Crippen molar-refractivity contribution in [1.82, 2.24) is 5.16 Å². The molecule has 4 heteroatoms. The Morgan fingerprint density at radius 2 is 1.94 bits per heavy atom. The molecular formula is C14H18N2OS. The molecule has 0 unspecified atom stereocenters. The number of aromatic nitrogens is 1. The van der Waals surface area contributed by atoms with Crippen LogP contribution in [0.5, 0.6) is 0 Å². The summed E-state index contributed by atoms with van der Waals surface area (Å²) in [5.41, 5.74) is 8.44. The molecule has 1 aliphatic rings. The fraction of sp³-hybridized carbons (Fsp3) is 0.500. The van der Waals surface area contributed by atoms with Gasteiger partial charge in [0, 0.05) is 10.8 Å². The van der Waals surface area contributed by atoms with E-state index in [1.54, 1.807) is 11.3 Å². The predicted octanol–water partition coefficient (Wildman–Crippen LogP) is 4.13. The van der Waals surface area contributed by atoms with Crippen molar-refractivity contribution >= 4 is 17.2 Å². The van der Waals surface area contributed by atoms with E-state index >= 15 is 0 Å². The van der Waals surface area contributed by atoms with Gasteiger partial charge < -0.3 is 10.3 Å². The van der Waals surface area contributed by atoms with Gasteiger partial charge in [0.25, 0.3) is 0 Å². The van der Waals surface area contributed by atoms with Crippen LogP contribution in [0.3, 0.4) is 0 Å². The minimum Gasteiger partial charge on any atom is -0.367 e. The number of nitrogens with two attached hydrogens (primary N) is 1. The number of rotatable bonds is 2. The predicted molar refractivity (Wildman–Crippen MR) is 74.5 cm³/mol. The van der Waals surface area contributed by atoms with Gasteiger partial charge in [-0.2, -0.15) is 0 Å². The highest BCUT2D eigenvalue weighted by molar-refractivity contribution is 7.13. The lowest BCUT2D eigenvalue weighted by Gasteiger charge is -2.03. The van der Waals surface area contributed by atoms with Gasteiger partial charge in [-0.05, 0) is 22.3 Å². The SMILES string of the molecule is CC1(C)C(c2noc(N)c2-c2cccs2)C1(C)C. The highest BCUT2D eigenvalue weighted by atomic mass is 32.1. The Hall–Kier alpha value is -1.29. The van der Waals surface area contributed by atoms with Crippen LogP contribution in [0.2, 0.25) is 0 Å². The highest BCUT2D eigenvalue weighted by Gasteiger charge is 2.67. The second-order valence-electron chi connectivity index (χ2n) is 6.16. The molecule has 0 saturated heterocycles. The molecule has 3 nitrogen and oxygen atoms in total. The van der Waals surface area contributed by atoms with Gasteiger partial charge in [0.1, 0.15) is 0 Å². The van der Waals surface area contributed by atoms with E-state index in [4.69, 9.17) is 10.3 Å². The molecule has 0 bridgehead atoms. The highest BCUT2D eigenvalue weighted by Crippen LogP contribution is 2.74. The molecule has 1 fully saturated rings. The first-order valence-electron chi connectivity index (χ1n) is 6.16. The van der Waals surface area contributed by atoms with Gasteiger partial charge in [-0.1, -0.05) is 38.9 Å². The number of hydrogen-bond donors (Lipinski definition) is 1. The van der Waals surface area contributed by atoms with Crippen LogP contribution < -0.4 is 5.73 Å². The molecule has 0 spiro atoms. The Bertz CT molecular complexity index is 567. The van der Waals surface area contributed by atoms with E-state index in [9.17, 15) is 0 Å². The lowest BCUT2D eigenvalue weighted by atomic mass is 10.0. The summed E-state index contributed by atoms with van der Waals surface area (Å²) >= 11 is 1.67. The first-order chi connectivity index (χ1) is 8.37. The molecule has 0 aromatic carbocycles. The van der Waals surface area contributed by atoms with Gasteiger partial charge in [-0.25, -0.2) is 0 Å². The Morgan fingerprint density at radius 1 is 1.28 bits per heavy atom. The molecule has 96 valence electrons. The van der Waals surface area contributed by atoms with Crippen LogP contribution in [0, 0.1) is 10.8 Å². The van der Waals surface area contributed by atoms with Crippen LogP contribution in [-0.2, 0) is 0 Å². The molecule has 0 aliphatic heterocycles. The smallest absolute Gasteiger partial charge is 0.231 e. The second-order valence-corrected chi connectivity index (χ2v) is 7.11. The van der Waals surface area contributed by atoms with Crippen molar-refractivity contribution in [3.63, 3.8) is 0 Å². The number of hydrogen-bond acceptors (Lipinski definition) is 4. The fourth-order valence-electron chi connectivity index (χ4n) is 3.06. The Kier molecular flexibility index (Phi) is 2.21. The topological polar surface area (TPSA) is 52.0 Å². The number of nitrogens with zero attached hydrogens (tertiary/aromatic N) is 1. The lowest BCUT2D eigenvalue weighted by Crippen LogP contribution is -1.95. The van der Waals surface area contributed by atoms with Crippen LogP contribution in [0.4, 0.5) is 5.88 Å². The van der Waals surface area contributed by atoms with E-state index < -0.39 is 0 Å². The van der Waals surface area contributed by atoms with Gasteiger partial charge in [-0.3, -0.25) is 0 Å². The molecule has 2 aromatic rings. The monoisotopic (exact) mass is 262 g/mol. The van der Waals surface area contributed by atoms with Crippen molar-refractivity contribution in [1.29, 1.82) is 0 Å². The van der Waals surface area contributed by atoms with E-state index in [-0.39, 0.29) is 10.8 Å². The quantitative estimate of drug-likeness (QED) is 0.885. The summed E-state index contributed by atoms with van der Waals surface area (Å²) in [5, 5.41) is 6.28. The number of thiophene rings is 1. The normalized spacial score (nSPS) is 21.1. The molecule has 1 saturated carbocycles. The summed E-state index contributed by atoms with van der Waals surface area (Å²) in [6, 6.07) is 4.10. The van der Waals surface area contributed by atoms with Gasteiger partial charge in [0.2, 0.25) is 5.88 Å². The maximum Gasteiger partial charge on any atom is 0.231 e. The van der Waals surface area contributed by atoms with Gasteiger partial charge in [0.15, 0.2) is 0 Å². The van der Waals surface area contributed by atoms with Crippen molar-refractivity contribution in [2.45, 2.75) is 33.6 Å². The van der Waals surface area contributed by atoms with E-state index in [1.807, 2.05) is 6.07 Å². The summed E-state index contributed by atoms with van der Waals surface area (Å²) in [4.78, 5) is 1.14. The first-order valence-corrected chi connectivity index (χ1v) is 7.04. The van der Waals surface area contributed by atoms with Gasteiger partial charge >= 0.3 is 0 Å². The molecular weight excluding hydrogens is 244 g/mol. The molecule has 1 aliphatic carbocycles. The summed E-state index contributed by atoms with van der Waals surface area (Å²) < 4.78 is 5.24. The zero-order valence-corrected chi connectivity index (χ0v) is 12.0. The largest absolute Gasteiger partial charge is 0.367 e.